The van der Waals surface area contributed by atoms with Gasteiger partial charge in [-0.25, -0.2) is 4.39 Å². The molecule has 1 heterocycles. The van der Waals surface area contributed by atoms with Crippen LogP contribution in [0.3, 0.4) is 0 Å². The van der Waals surface area contributed by atoms with Crippen LogP contribution >= 0.6 is 0 Å². The van der Waals surface area contributed by atoms with Gasteiger partial charge in [-0.05, 0) is 45.2 Å². The smallest absolute Gasteiger partial charge is 0.223 e. The fourth-order valence-electron chi connectivity index (χ4n) is 2.97. The standard InChI is InChI=1S/C18H26FNO3/c1-14(2)20(15-9-12-22-13-10-15)18(21)8-5-11-23-17-7-4-3-6-16(17)19/h3-4,6-7,14-15H,5,8-13H2,1-2H3. The Labute approximate surface area is 137 Å². The first-order valence-corrected chi connectivity index (χ1v) is 8.36. The SMILES string of the molecule is CC(C)N(C(=O)CCCOc1ccccc1F)C1CCOCC1. The Kier molecular flexibility index (Phi) is 6.84. The third kappa shape index (κ3) is 5.20. The molecule has 1 amide bonds. The van der Waals surface area contributed by atoms with E-state index in [1.165, 1.54) is 6.07 Å². The summed E-state index contributed by atoms with van der Waals surface area (Å²) in [5.74, 6) is 0.0129. The summed E-state index contributed by atoms with van der Waals surface area (Å²) in [6.45, 7) is 5.87. The molecule has 0 unspecified atom stereocenters. The largest absolute Gasteiger partial charge is 0.491 e. The summed E-state index contributed by atoms with van der Waals surface area (Å²) in [4.78, 5) is 14.5. The molecule has 5 heteroatoms. The Bertz CT molecular complexity index is 501. The molecule has 1 aromatic carbocycles. The highest BCUT2D eigenvalue weighted by Gasteiger charge is 2.27. The van der Waals surface area contributed by atoms with Crippen molar-refractivity contribution in [2.75, 3.05) is 19.8 Å². The van der Waals surface area contributed by atoms with Crippen LogP contribution in [-0.2, 0) is 9.53 Å². The van der Waals surface area contributed by atoms with Crippen molar-refractivity contribution >= 4 is 5.91 Å². The quantitative estimate of drug-likeness (QED) is 0.722. The molecule has 1 saturated heterocycles. The van der Waals surface area contributed by atoms with E-state index >= 15 is 0 Å². The molecule has 23 heavy (non-hydrogen) atoms. The molecular formula is C18H26FNO3. The maximum absolute atomic E-state index is 13.4. The zero-order chi connectivity index (χ0) is 16.7. The molecule has 2 rings (SSSR count). The zero-order valence-corrected chi connectivity index (χ0v) is 14.0. The van der Waals surface area contributed by atoms with Crippen LogP contribution in [0, 0.1) is 5.82 Å². The van der Waals surface area contributed by atoms with Gasteiger partial charge in [0.05, 0.1) is 6.61 Å². The normalized spacial score (nSPS) is 15.7. The van der Waals surface area contributed by atoms with E-state index in [0.717, 1.165) is 26.1 Å². The molecule has 4 nitrogen and oxygen atoms in total. The number of para-hydroxylation sites is 1. The lowest BCUT2D eigenvalue weighted by molar-refractivity contribution is -0.137. The topological polar surface area (TPSA) is 38.8 Å². The van der Waals surface area contributed by atoms with Crippen LogP contribution in [0.2, 0.25) is 0 Å². The number of rotatable bonds is 7. The van der Waals surface area contributed by atoms with Crippen molar-refractivity contribution in [3.8, 4) is 5.75 Å². The molecule has 1 aliphatic rings. The molecule has 1 fully saturated rings. The average molecular weight is 323 g/mol. The number of nitrogens with zero attached hydrogens (tertiary/aromatic N) is 1. The maximum Gasteiger partial charge on any atom is 0.223 e. The number of hydrogen-bond acceptors (Lipinski definition) is 3. The number of carbonyl (C=O) groups excluding carboxylic acids is 1. The summed E-state index contributed by atoms with van der Waals surface area (Å²) in [7, 11) is 0. The number of carbonyl (C=O) groups is 1. The van der Waals surface area contributed by atoms with Crippen molar-refractivity contribution in [2.45, 2.75) is 51.6 Å². The van der Waals surface area contributed by atoms with Gasteiger partial charge in [0.1, 0.15) is 0 Å². The van der Waals surface area contributed by atoms with Crippen LogP contribution in [0.5, 0.6) is 5.75 Å². The minimum atomic E-state index is -0.371. The average Bonchev–Trinajstić information content (AvgIpc) is 2.54. The van der Waals surface area contributed by atoms with Crippen molar-refractivity contribution in [2.24, 2.45) is 0 Å². The molecule has 1 aromatic rings. The van der Waals surface area contributed by atoms with E-state index in [-0.39, 0.29) is 29.6 Å². The van der Waals surface area contributed by atoms with Crippen LogP contribution in [0.25, 0.3) is 0 Å². The summed E-state index contributed by atoms with van der Waals surface area (Å²) in [5.41, 5.74) is 0. The van der Waals surface area contributed by atoms with E-state index in [0.29, 0.717) is 19.4 Å². The van der Waals surface area contributed by atoms with Crippen molar-refractivity contribution in [1.82, 2.24) is 4.90 Å². The van der Waals surface area contributed by atoms with Crippen LogP contribution in [0.15, 0.2) is 24.3 Å². The second kappa shape index (κ2) is 8.87. The van der Waals surface area contributed by atoms with E-state index in [2.05, 4.69) is 0 Å². The van der Waals surface area contributed by atoms with Gasteiger partial charge in [0.15, 0.2) is 11.6 Å². The van der Waals surface area contributed by atoms with E-state index in [9.17, 15) is 9.18 Å². The van der Waals surface area contributed by atoms with Crippen molar-refractivity contribution in [1.29, 1.82) is 0 Å². The minimum absolute atomic E-state index is 0.143. The Morgan fingerprint density at radius 1 is 1.35 bits per heavy atom. The van der Waals surface area contributed by atoms with Gasteiger partial charge in [-0.3, -0.25) is 4.79 Å². The number of halogens is 1. The summed E-state index contributed by atoms with van der Waals surface area (Å²) in [5, 5.41) is 0. The van der Waals surface area contributed by atoms with Gasteiger partial charge < -0.3 is 14.4 Å². The molecule has 0 atom stereocenters. The fraction of sp³-hybridized carbons (Fsp3) is 0.611. The Morgan fingerprint density at radius 2 is 2.04 bits per heavy atom. The van der Waals surface area contributed by atoms with Gasteiger partial charge in [-0.2, -0.15) is 0 Å². The highest BCUT2D eigenvalue weighted by molar-refractivity contribution is 5.76. The summed E-state index contributed by atoms with van der Waals surface area (Å²) in [6, 6.07) is 6.77. The van der Waals surface area contributed by atoms with Gasteiger partial charge in [0, 0.05) is 31.7 Å². The monoisotopic (exact) mass is 323 g/mol. The molecule has 128 valence electrons. The third-order valence-corrected chi connectivity index (χ3v) is 4.06. The van der Waals surface area contributed by atoms with Gasteiger partial charge in [-0.1, -0.05) is 12.1 Å². The summed E-state index contributed by atoms with van der Waals surface area (Å²) < 4.78 is 24.2. The predicted octanol–water partition coefficient (Wildman–Crippen LogP) is 3.40. The molecule has 0 saturated carbocycles. The first-order chi connectivity index (χ1) is 11.1. The van der Waals surface area contributed by atoms with Crippen LogP contribution < -0.4 is 4.74 Å². The molecule has 0 N–H and O–H groups in total. The van der Waals surface area contributed by atoms with Gasteiger partial charge in [0.2, 0.25) is 5.91 Å². The molecular weight excluding hydrogens is 297 g/mol. The van der Waals surface area contributed by atoms with Crippen molar-refractivity contribution < 1.29 is 18.7 Å². The lowest BCUT2D eigenvalue weighted by Crippen LogP contribution is -2.47. The summed E-state index contributed by atoms with van der Waals surface area (Å²) >= 11 is 0. The molecule has 0 aromatic heterocycles. The number of hydrogen-bond donors (Lipinski definition) is 0. The second-order valence-corrected chi connectivity index (χ2v) is 6.12. The number of benzene rings is 1. The van der Waals surface area contributed by atoms with Crippen molar-refractivity contribution in [3.63, 3.8) is 0 Å². The minimum Gasteiger partial charge on any atom is -0.491 e. The summed E-state index contributed by atoms with van der Waals surface area (Å²) in [6.07, 6.45) is 2.80. The zero-order valence-electron chi connectivity index (χ0n) is 14.0. The molecule has 0 aliphatic carbocycles. The van der Waals surface area contributed by atoms with Crippen LogP contribution in [0.1, 0.15) is 39.5 Å². The highest BCUT2D eigenvalue weighted by Crippen LogP contribution is 2.19. The Hall–Kier alpha value is -1.62. The van der Waals surface area contributed by atoms with Gasteiger partial charge >= 0.3 is 0 Å². The second-order valence-electron chi connectivity index (χ2n) is 6.12. The van der Waals surface area contributed by atoms with E-state index < -0.39 is 0 Å². The highest BCUT2D eigenvalue weighted by atomic mass is 19.1. The lowest BCUT2D eigenvalue weighted by atomic mass is 10.0. The predicted molar refractivity (Wildman–Crippen MR) is 87.0 cm³/mol. The maximum atomic E-state index is 13.4. The lowest BCUT2D eigenvalue weighted by Gasteiger charge is -2.37. The third-order valence-electron chi connectivity index (χ3n) is 4.06. The van der Waals surface area contributed by atoms with Gasteiger partial charge in [-0.15, -0.1) is 0 Å². The Morgan fingerprint density at radius 3 is 2.70 bits per heavy atom. The molecule has 0 spiro atoms. The first kappa shape index (κ1) is 17.7. The Balaban J connectivity index is 1.79. The van der Waals surface area contributed by atoms with Crippen molar-refractivity contribution in [3.05, 3.63) is 30.1 Å². The molecule has 0 bridgehead atoms. The molecule has 1 aliphatic heterocycles. The van der Waals surface area contributed by atoms with Crippen LogP contribution in [0.4, 0.5) is 4.39 Å². The number of ether oxygens (including phenoxy) is 2. The van der Waals surface area contributed by atoms with Crippen LogP contribution in [-0.4, -0.2) is 42.7 Å². The number of amides is 1. The van der Waals surface area contributed by atoms with E-state index in [1.807, 2.05) is 18.7 Å². The van der Waals surface area contributed by atoms with E-state index in [4.69, 9.17) is 9.47 Å². The van der Waals surface area contributed by atoms with Gasteiger partial charge in [0.25, 0.3) is 0 Å². The fourth-order valence-corrected chi connectivity index (χ4v) is 2.97. The van der Waals surface area contributed by atoms with E-state index in [1.54, 1.807) is 18.2 Å². The molecule has 0 radical (unpaired) electrons. The first-order valence-electron chi connectivity index (χ1n) is 8.36.